The number of amides is 1. The van der Waals surface area contributed by atoms with E-state index in [1.54, 1.807) is 18.3 Å². The van der Waals surface area contributed by atoms with Crippen molar-refractivity contribution in [2.24, 2.45) is 4.99 Å². The topological polar surface area (TPSA) is 120 Å². The molecule has 1 aromatic carbocycles. The Morgan fingerprint density at radius 1 is 1.32 bits per heavy atom. The Morgan fingerprint density at radius 2 is 2.04 bits per heavy atom. The minimum atomic E-state index is -0.637. The first-order chi connectivity index (χ1) is 11.9. The first-order valence-corrected chi connectivity index (χ1v) is 7.62. The van der Waals surface area contributed by atoms with Gasteiger partial charge in [-0.3, -0.25) is 14.6 Å². The van der Waals surface area contributed by atoms with Gasteiger partial charge in [0.05, 0.1) is 34.2 Å². The van der Waals surface area contributed by atoms with E-state index in [2.05, 4.69) is 15.0 Å². The van der Waals surface area contributed by atoms with Gasteiger partial charge in [0, 0.05) is 38.1 Å². The smallest absolute Gasteiger partial charge is 0.243 e. The van der Waals surface area contributed by atoms with Crippen molar-refractivity contribution in [3.05, 3.63) is 29.4 Å². The third-order valence-electron chi connectivity index (χ3n) is 3.95. The number of aromatic amines is 1. The lowest BCUT2D eigenvalue weighted by atomic mass is 10.1. The molecule has 0 unspecified atom stereocenters. The van der Waals surface area contributed by atoms with Gasteiger partial charge in [-0.05, 0) is 12.1 Å². The lowest BCUT2D eigenvalue weighted by Gasteiger charge is -2.13. The summed E-state index contributed by atoms with van der Waals surface area (Å²) in [6.45, 7) is 1.35. The Bertz CT molecular complexity index is 1020. The third kappa shape index (κ3) is 3.09. The van der Waals surface area contributed by atoms with Crippen LogP contribution in [0.15, 0.2) is 23.3 Å². The maximum atomic E-state index is 12.5. The quantitative estimate of drug-likeness (QED) is 0.410. The average Bonchev–Trinajstić information content (AvgIpc) is 3.01. The van der Waals surface area contributed by atoms with Crippen molar-refractivity contribution in [3.63, 3.8) is 0 Å². The van der Waals surface area contributed by atoms with Crippen LogP contribution in [0.3, 0.4) is 0 Å². The molecule has 0 aliphatic heterocycles. The molecule has 0 aliphatic carbocycles. The highest BCUT2D eigenvalue weighted by atomic mass is 16.7. The number of ether oxygens (including phenoxy) is 2. The summed E-state index contributed by atoms with van der Waals surface area (Å²) in [5.41, 5.74) is 7.94. The zero-order valence-electron chi connectivity index (χ0n) is 14.1. The number of hydrogen-bond donors (Lipinski definition) is 2. The molecule has 0 bridgehead atoms. The number of nitrogens with zero attached hydrogens (tertiary/aromatic N) is 2. The van der Waals surface area contributed by atoms with Crippen molar-refractivity contribution in [2.45, 2.75) is 19.6 Å². The van der Waals surface area contributed by atoms with Crippen LogP contribution in [-0.2, 0) is 14.3 Å². The molecular formula is C17H18N4O4. The fourth-order valence-electron chi connectivity index (χ4n) is 2.79. The molecule has 2 aromatic heterocycles. The molecule has 0 saturated heterocycles. The molecule has 8 nitrogen and oxygen atoms in total. The summed E-state index contributed by atoms with van der Waals surface area (Å²) in [4.78, 5) is 35.3. The molecule has 130 valence electrons. The van der Waals surface area contributed by atoms with E-state index in [0.717, 1.165) is 10.8 Å². The number of ketones is 1. The molecular weight excluding hydrogens is 324 g/mol. The Hall–Kier alpha value is -2.84. The standard InChI is InChI=1S/C17H18N4O4/c1-8(22)20-12-5-10(18)16-15-9(7-19-16)4-11(21-17(12)15)13(23)6-14(24-2)25-3/h4-5,7,14,21H,6,18H2,1-3H3. The number of rotatable bonds is 5. The van der Waals surface area contributed by atoms with E-state index < -0.39 is 6.29 Å². The first kappa shape index (κ1) is 17.0. The van der Waals surface area contributed by atoms with Crippen LogP contribution in [0.25, 0.3) is 21.8 Å². The van der Waals surface area contributed by atoms with Gasteiger partial charge in [0.25, 0.3) is 0 Å². The largest absolute Gasteiger partial charge is 0.397 e. The number of aromatic nitrogens is 2. The fraction of sp³-hybridized carbons (Fsp3) is 0.294. The molecule has 1 amide bonds. The van der Waals surface area contributed by atoms with E-state index in [1.165, 1.54) is 21.1 Å². The van der Waals surface area contributed by atoms with Gasteiger partial charge in [-0.2, -0.15) is 0 Å². The van der Waals surface area contributed by atoms with E-state index in [4.69, 9.17) is 15.2 Å². The van der Waals surface area contributed by atoms with Crippen LogP contribution in [0.4, 0.5) is 5.69 Å². The maximum Gasteiger partial charge on any atom is 0.243 e. The molecule has 3 aromatic rings. The van der Waals surface area contributed by atoms with Crippen LogP contribution < -0.4 is 11.1 Å². The maximum absolute atomic E-state index is 12.5. The molecule has 0 saturated carbocycles. The number of nitrogen functional groups attached to an aromatic ring is 1. The first-order valence-electron chi connectivity index (χ1n) is 7.62. The summed E-state index contributed by atoms with van der Waals surface area (Å²) < 4.78 is 10.2. The number of nitrogens with one attached hydrogen (secondary N) is 1. The van der Waals surface area contributed by atoms with Crippen LogP contribution in [0.2, 0.25) is 0 Å². The molecule has 2 heterocycles. The lowest BCUT2D eigenvalue weighted by molar-refractivity contribution is -0.116. The van der Waals surface area contributed by atoms with Gasteiger partial charge >= 0.3 is 0 Å². The molecule has 3 rings (SSSR count). The number of carbonyl (C=O) groups is 2. The van der Waals surface area contributed by atoms with Crippen LogP contribution in [-0.4, -0.2) is 42.2 Å². The number of nitrogens with two attached hydrogens (primary N) is 1. The van der Waals surface area contributed by atoms with Gasteiger partial charge in [-0.1, -0.05) is 0 Å². The summed E-state index contributed by atoms with van der Waals surface area (Å²) in [7, 11) is 2.94. The normalized spacial score (nSPS) is 12.6. The van der Waals surface area contributed by atoms with E-state index >= 15 is 0 Å². The third-order valence-corrected chi connectivity index (χ3v) is 3.95. The highest BCUT2D eigenvalue weighted by molar-refractivity contribution is 6.13. The van der Waals surface area contributed by atoms with Gasteiger partial charge in [0.15, 0.2) is 12.1 Å². The summed E-state index contributed by atoms with van der Waals surface area (Å²) in [5.74, 6) is -0.557. The predicted octanol–water partition coefficient (Wildman–Crippen LogP) is 1.38. The van der Waals surface area contributed by atoms with Crippen molar-refractivity contribution in [1.82, 2.24) is 9.97 Å². The highest BCUT2D eigenvalue weighted by Gasteiger charge is 2.18. The molecule has 0 fully saturated rings. The van der Waals surface area contributed by atoms with Gasteiger partial charge < -0.3 is 20.2 Å². The minimum absolute atomic E-state index is 0.0482. The van der Waals surface area contributed by atoms with E-state index in [9.17, 15) is 9.59 Å². The van der Waals surface area contributed by atoms with Gasteiger partial charge in [0.2, 0.25) is 5.91 Å². The summed E-state index contributed by atoms with van der Waals surface area (Å²) in [5, 5.41) is 1.86. The zero-order valence-corrected chi connectivity index (χ0v) is 14.1. The number of anilines is 1. The molecule has 8 heteroatoms. The van der Waals surface area contributed by atoms with Crippen molar-refractivity contribution in [2.75, 3.05) is 20.0 Å². The second-order valence-corrected chi connectivity index (χ2v) is 5.64. The molecule has 3 N–H and O–H groups in total. The van der Waals surface area contributed by atoms with Crippen LogP contribution in [0.1, 0.15) is 23.8 Å². The van der Waals surface area contributed by atoms with Crippen molar-refractivity contribution in [3.8, 4) is 0 Å². The Labute approximate surface area is 143 Å². The van der Waals surface area contributed by atoms with E-state index in [-0.39, 0.29) is 18.1 Å². The number of Topliss-reactive ketones (excluding diaryl/α,β-unsaturated/α-hetero) is 1. The van der Waals surface area contributed by atoms with Crippen LogP contribution in [0, 0.1) is 0 Å². The minimum Gasteiger partial charge on any atom is -0.397 e. The number of benzene rings is 1. The number of carbonyl (C=O) groups excluding carboxylic acids is 2. The monoisotopic (exact) mass is 342 g/mol. The van der Waals surface area contributed by atoms with E-state index in [0.29, 0.717) is 27.8 Å². The molecule has 25 heavy (non-hydrogen) atoms. The van der Waals surface area contributed by atoms with Crippen molar-refractivity contribution >= 4 is 39.2 Å². The van der Waals surface area contributed by atoms with Gasteiger partial charge in [-0.15, -0.1) is 0 Å². The average molecular weight is 342 g/mol. The summed E-state index contributed by atoms with van der Waals surface area (Å²) in [6, 6.07) is 3.27. The predicted molar refractivity (Wildman–Crippen MR) is 92.2 cm³/mol. The van der Waals surface area contributed by atoms with Gasteiger partial charge in [0.1, 0.15) is 0 Å². The Balaban J connectivity index is 2.22. The lowest BCUT2D eigenvalue weighted by Crippen LogP contribution is -2.19. The molecule has 0 spiro atoms. The molecule has 0 radical (unpaired) electrons. The van der Waals surface area contributed by atoms with E-state index in [1.807, 2.05) is 0 Å². The number of methoxy groups -OCH3 is 2. The number of hydrogen-bond acceptors (Lipinski definition) is 6. The second-order valence-electron chi connectivity index (χ2n) is 5.64. The summed E-state index contributed by atoms with van der Waals surface area (Å²) in [6.07, 6.45) is 1.05. The van der Waals surface area contributed by atoms with Crippen LogP contribution in [0.5, 0.6) is 0 Å². The SMILES string of the molecule is COC(CC(=O)c1cc2cnc3c(N)cc(=NC(C)=O)c([nH]1)c23)OC. The van der Waals surface area contributed by atoms with Crippen molar-refractivity contribution < 1.29 is 19.1 Å². The van der Waals surface area contributed by atoms with Gasteiger partial charge in [-0.25, -0.2) is 4.99 Å². The van der Waals surface area contributed by atoms with Crippen molar-refractivity contribution in [1.29, 1.82) is 0 Å². The zero-order chi connectivity index (χ0) is 18.1. The number of H-pyrrole nitrogens is 1. The highest BCUT2D eigenvalue weighted by Crippen LogP contribution is 2.28. The Kier molecular flexibility index (Phi) is 4.47. The fourth-order valence-corrected chi connectivity index (χ4v) is 2.79. The second kappa shape index (κ2) is 6.58. The summed E-state index contributed by atoms with van der Waals surface area (Å²) >= 11 is 0. The number of pyridine rings is 1. The molecule has 0 atom stereocenters. The Morgan fingerprint density at radius 3 is 2.68 bits per heavy atom. The van der Waals surface area contributed by atoms with Crippen LogP contribution >= 0.6 is 0 Å². The molecule has 0 aliphatic rings.